The minimum Gasteiger partial charge on any atom is -0.444 e. The van der Waals surface area contributed by atoms with Crippen molar-refractivity contribution in [3.05, 3.63) is 11.7 Å². The molecule has 7 heteroatoms. The molecular formula is C16H25N3O4. The Morgan fingerprint density at radius 2 is 2.00 bits per heavy atom. The number of carbonyl (C=O) groups excluding carboxylic acids is 1. The maximum Gasteiger partial charge on any atom is 0.408 e. The summed E-state index contributed by atoms with van der Waals surface area (Å²) in [4.78, 5) is 16.8. The van der Waals surface area contributed by atoms with Gasteiger partial charge in [-0.05, 0) is 33.1 Å². The highest BCUT2D eigenvalue weighted by Crippen LogP contribution is 2.46. The number of alkyl carbamates (subject to hydrolysis) is 1. The summed E-state index contributed by atoms with van der Waals surface area (Å²) in [6, 6.07) is 0. The lowest BCUT2D eigenvalue weighted by Crippen LogP contribution is -2.51. The molecule has 1 saturated carbocycles. The van der Waals surface area contributed by atoms with E-state index >= 15 is 0 Å². The van der Waals surface area contributed by atoms with Gasteiger partial charge in [-0.1, -0.05) is 12.1 Å². The first-order chi connectivity index (χ1) is 10.8. The van der Waals surface area contributed by atoms with E-state index in [9.17, 15) is 4.79 Å². The molecule has 0 bridgehead atoms. The van der Waals surface area contributed by atoms with Gasteiger partial charge >= 0.3 is 6.09 Å². The van der Waals surface area contributed by atoms with Crippen molar-refractivity contribution in [3.63, 3.8) is 0 Å². The van der Waals surface area contributed by atoms with Crippen LogP contribution in [0.1, 0.15) is 64.6 Å². The molecule has 1 aliphatic carbocycles. The van der Waals surface area contributed by atoms with Crippen LogP contribution < -0.4 is 5.32 Å². The van der Waals surface area contributed by atoms with Crippen LogP contribution in [0.4, 0.5) is 4.79 Å². The van der Waals surface area contributed by atoms with Gasteiger partial charge in [0.1, 0.15) is 11.1 Å². The predicted molar refractivity (Wildman–Crippen MR) is 81.9 cm³/mol. The highest BCUT2D eigenvalue weighted by atomic mass is 16.6. The van der Waals surface area contributed by atoms with Gasteiger partial charge in [-0.25, -0.2) is 4.79 Å². The topological polar surface area (TPSA) is 86.5 Å². The zero-order chi connectivity index (χ0) is 16.7. The highest BCUT2D eigenvalue weighted by molar-refractivity contribution is 5.69. The fraction of sp³-hybridized carbons (Fsp3) is 0.812. The molecule has 0 aromatic carbocycles. The Hall–Kier alpha value is -1.63. The summed E-state index contributed by atoms with van der Waals surface area (Å²) in [6.45, 7) is 8.76. The number of rotatable bonds is 3. The summed E-state index contributed by atoms with van der Waals surface area (Å²) in [7, 11) is 0. The molecule has 1 N–H and O–H groups in total. The molecule has 2 atom stereocenters. The van der Waals surface area contributed by atoms with E-state index in [1.165, 1.54) is 0 Å². The molecule has 23 heavy (non-hydrogen) atoms. The van der Waals surface area contributed by atoms with E-state index in [2.05, 4.69) is 22.4 Å². The molecule has 1 aromatic rings. The maximum atomic E-state index is 12.3. The van der Waals surface area contributed by atoms with E-state index in [0.29, 0.717) is 49.6 Å². The number of nitrogens with one attached hydrogen (secondary N) is 1. The lowest BCUT2D eigenvalue weighted by molar-refractivity contribution is 0.0126. The Labute approximate surface area is 136 Å². The first-order valence-electron chi connectivity index (χ1n) is 8.22. The second-order valence-electron chi connectivity index (χ2n) is 7.60. The van der Waals surface area contributed by atoms with Crippen molar-refractivity contribution in [2.45, 2.75) is 64.0 Å². The molecule has 7 nitrogen and oxygen atoms in total. The second-order valence-corrected chi connectivity index (χ2v) is 7.60. The largest absolute Gasteiger partial charge is 0.444 e. The molecule has 1 amide bonds. The SMILES string of the molecule is CC1CC1c1nc(C2(NC(=O)OC(C)(C)C)CCOCC2)no1. The maximum absolute atomic E-state index is 12.3. The van der Waals surface area contributed by atoms with Crippen molar-refractivity contribution in [1.82, 2.24) is 15.5 Å². The summed E-state index contributed by atoms with van der Waals surface area (Å²) in [5.41, 5.74) is -1.23. The summed E-state index contributed by atoms with van der Waals surface area (Å²) in [5, 5.41) is 7.11. The van der Waals surface area contributed by atoms with Gasteiger partial charge in [0.05, 0.1) is 0 Å². The van der Waals surface area contributed by atoms with Crippen LogP contribution in [0.3, 0.4) is 0 Å². The smallest absolute Gasteiger partial charge is 0.408 e. The minimum absolute atomic E-state index is 0.356. The molecule has 3 rings (SSSR count). The molecule has 0 radical (unpaired) electrons. The molecule has 128 valence electrons. The van der Waals surface area contributed by atoms with Gasteiger partial charge in [0, 0.05) is 32.0 Å². The van der Waals surface area contributed by atoms with Gasteiger partial charge in [-0.15, -0.1) is 0 Å². The van der Waals surface area contributed by atoms with Crippen molar-refractivity contribution in [1.29, 1.82) is 0 Å². The molecule has 1 saturated heterocycles. The predicted octanol–water partition coefficient (Wildman–Crippen LogP) is 2.72. The summed E-state index contributed by atoms with van der Waals surface area (Å²) >= 11 is 0. The average Bonchev–Trinajstić information content (AvgIpc) is 2.99. The zero-order valence-electron chi connectivity index (χ0n) is 14.2. The van der Waals surface area contributed by atoms with Gasteiger partial charge in [0.15, 0.2) is 5.82 Å². The molecular weight excluding hydrogens is 298 g/mol. The van der Waals surface area contributed by atoms with Crippen LogP contribution in [-0.4, -0.2) is 35.0 Å². The van der Waals surface area contributed by atoms with Crippen LogP contribution in [-0.2, 0) is 15.0 Å². The van der Waals surface area contributed by atoms with Gasteiger partial charge in [-0.3, -0.25) is 0 Å². The molecule has 2 unspecified atom stereocenters. The third-order valence-corrected chi connectivity index (χ3v) is 4.38. The quantitative estimate of drug-likeness (QED) is 0.920. The Bertz CT molecular complexity index is 572. The number of nitrogens with zero attached hydrogens (tertiary/aromatic N) is 2. The Balaban J connectivity index is 1.79. The number of hydrogen-bond donors (Lipinski definition) is 1. The highest BCUT2D eigenvalue weighted by Gasteiger charge is 2.44. The van der Waals surface area contributed by atoms with E-state index in [1.54, 1.807) is 0 Å². The van der Waals surface area contributed by atoms with Crippen molar-refractivity contribution < 1.29 is 18.8 Å². The van der Waals surface area contributed by atoms with Crippen LogP contribution in [0.25, 0.3) is 0 Å². The molecule has 0 spiro atoms. The van der Waals surface area contributed by atoms with Crippen LogP contribution in [0.2, 0.25) is 0 Å². The van der Waals surface area contributed by atoms with E-state index in [0.717, 1.165) is 6.42 Å². The molecule has 1 aliphatic heterocycles. The van der Waals surface area contributed by atoms with Crippen molar-refractivity contribution in [2.75, 3.05) is 13.2 Å². The van der Waals surface area contributed by atoms with Crippen LogP contribution in [0.15, 0.2) is 4.52 Å². The number of amides is 1. The first kappa shape index (κ1) is 16.2. The van der Waals surface area contributed by atoms with Gasteiger partial charge in [0.25, 0.3) is 0 Å². The summed E-state index contributed by atoms with van der Waals surface area (Å²) in [6.07, 6.45) is 1.82. The fourth-order valence-electron chi connectivity index (χ4n) is 2.87. The van der Waals surface area contributed by atoms with Crippen LogP contribution in [0, 0.1) is 5.92 Å². The third kappa shape index (κ3) is 3.65. The molecule has 2 heterocycles. The lowest BCUT2D eigenvalue weighted by atomic mass is 9.89. The Morgan fingerprint density at radius 1 is 1.35 bits per heavy atom. The number of aromatic nitrogens is 2. The molecule has 2 aliphatic rings. The lowest BCUT2D eigenvalue weighted by Gasteiger charge is -2.35. The normalized spacial score (nSPS) is 26.6. The second kappa shape index (κ2) is 5.78. The zero-order valence-corrected chi connectivity index (χ0v) is 14.2. The van der Waals surface area contributed by atoms with Crippen molar-refractivity contribution >= 4 is 6.09 Å². The number of ether oxygens (including phenoxy) is 2. The van der Waals surface area contributed by atoms with Gasteiger partial charge < -0.3 is 19.3 Å². The third-order valence-electron chi connectivity index (χ3n) is 4.38. The van der Waals surface area contributed by atoms with Crippen molar-refractivity contribution in [2.24, 2.45) is 5.92 Å². The van der Waals surface area contributed by atoms with Crippen LogP contribution >= 0.6 is 0 Å². The number of carbonyl (C=O) groups is 1. The average molecular weight is 323 g/mol. The van der Waals surface area contributed by atoms with Gasteiger partial charge in [-0.2, -0.15) is 4.98 Å². The van der Waals surface area contributed by atoms with Crippen molar-refractivity contribution in [3.8, 4) is 0 Å². The molecule has 2 fully saturated rings. The van der Waals surface area contributed by atoms with E-state index in [-0.39, 0.29) is 0 Å². The molecule has 1 aromatic heterocycles. The standard InChI is InChI=1S/C16H25N3O4/c1-10-9-11(10)12-17-13(19-23-12)16(5-7-21-8-6-16)18-14(20)22-15(2,3)4/h10-11H,5-9H2,1-4H3,(H,18,20). The van der Waals surface area contributed by atoms with E-state index in [1.807, 2.05) is 20.8 Å². The number of hydrogen-bond acceptors (Lipinski definition) is 6. The van der Waals surface area contributed by atoms with Gasteiger partial charge in [0.2, 0.25) is 5.89 Å². The Morgan fingerprint density at radius 3 is 2.57 bits per heavy atom. The fourth-order valence-corrected chi connectivity index (χ4v) is 2.87. The van der Waals surface area contributed by atoms with Crippen LogP contribution in [0.5, 0.6) is 0 Å². The Kier molecular flexibility index (Phi) is 4.08. The van der Waals surface area contributed by atoms with E-state index < -0.39 is 17.2 Å². The first-order valence-corrected chi connectivity index (χ1v) is 8.22. The summed E-state index contributed by atoms with van der Waals surface area (Å²) < 4.78 is 16.3. The minimum atomic E-state index is -0.680. The van der Waals surface area contributed by atoms with E-state index in [4.69, 9.17) is 14.0 Å². The monoisotopic (exact) mass is 323 g/mol. The summed E-state index contributed by atoms with van der Waals surface area (Å²) in [5.74, 6) is 2.15.